The van der Waals surface area contributed by atoms with E-state index in [2.05, 4.69) is 87.8 Å². The molecule has 0 radical (unpaired) electrons. The highest BCUT2D eigenvalue weighted by Crippen LogP contribution is 2.34. The first-order chi connectivity index (χ1) is 13.8. The Morgan fingerprint density at radius 1 is 0.793 bits per heavy atom. The zero-order chi connectivity index (χ0) is 20.3. The van der Waals surface area contributed by atoms with Crippen LogP contribution >= 0.6 is 0 Å². The van der Waals surface area contributed by atoms with E-state index in [-0.39, 0.29) is 5.41 Å². The van der Waals surface area contributed by atoms with E-state index in [0.717, 1.165) is 27.4 Å². The van der Waals surface area contributed by atoms with Gasteiger partial charge in [0.15, 0.2) is 0 Å². The Kier molecular flexibility index (Phi) is 3.79. The predicted octanol–water partition coefficient (Wildman–Crippen LogP) is 6.64. The Balaban J connectivity index is 1.85. The second-order valence-corrected chi connectivity index (χ2v) is 8.99. The van der Waals surface area contributed by atoms with Crippen LogP contribution in [0.4, 0.5) is 0 Å². The van der Waals surface area contributed by atoms with E-state index in [9.17, 15) is 0 Å². The molecule has 0 aliphatic rings. The SMILES string of the molecule is Cc1cccc(C)c1-n1ccc2cnc3c4cnc(C(C)(C)C)cc4ccc3c21. The summed E-state index contributed by atoms with van der Waals surface area (Å²) in [6, 6.07) is 15.2. The Bertz CT molecular complexity index is 1380. The molecule has 3 nitrogen and oxygen atoms in total. The molecule has 0 fully saturated rings. The number of hydrogen-bond donors (Lipinski definition) is 0. The van der Waals surface area contributed by atoms with Crippen LogP contribution in [0.1, 0.15) is 37.6 Å². The van der Waals surface area contributed by atoms with Crippen molar-refractivity contribution < 1.29 is 0 Å². The van der Waals surface area contributed by atoms with Crippen molar-refractivity contribution in [2.45, 2.75) is 40.0 Å². The molecular weight excluding hydrogens is 354 g/mol. The molecule has 3 heteroatoms. The third-order valence-corrected chi connectivity index (χ3v) is 5.83. The molecule has 0 aliphatic heterocycles. The van der Waals surface area contributed by atoms with Crippen molar-refractivity contribution >= 4 is 32.6 Å². The number of fused-ring (bicyclic) bond motifs is 5. The van der Waals surface area contributed by atoms with Crippen molar-refractivity contribution in [2.75, 3.05) is 0 Å². The molecule has 3 heterocycles. The zero-order valence-corrected chi connectivity index (χ0v) is 17.6. The van der Waals surface area contributed by atoms with E-state index < -0.39 is 0 Å². The third-order valence-electron chi connectivity index (χ3n) is 5.83. The summed E-state index contributed by atoms with van der Waals surface area (Å²) in [4.78, 5) is 9.59. The minimum Gasteiger partial charge on any atom is -0.315 e. The quantitative estimate of drug-likeness (QED) is 0.306. The van der Waals surface area contributed by atoms with Crippen LogP contribution < -0.4 is 0 Å². The number of aromatic nitrogens is 3. The number of para-hydroxylation sites is 1. The molecule has 5 aromatic rings. The van der Waals surface area contributed by atoms with Crippen molar-refractivity contribution in [2.24, 2.45) is 0 Å². The van der Waals surface area contributed by atoms with Crippen molar-refractivity contribution in [3.63, 3.8) is 0 Å². The molecule has 3 aromatic heterocycles. The summed E-state index contributed by atoms with van der Waals surface area (Å²) < 4.78 is 2.31. The molecule has 0 N–H and O–H groups in total. The van der Waals surface area contributed by atoms with Crippen LogP contribution in [-0.2, 0) is 5.41 Å². The average molecular weight is 380 g/mol. The average Bonchev–Trinajstić information content (AvgIpc) is 3.10. The lowest BCUT2D eigenvalue weighted by Crippen LogP contribution is -2.13. The van der Waals surface area contributed by atoms with Crippen molar-refractivity contribution in [1.82, 2.24) is 14.5 Å². The van der Waals surface area contributed by atoms with Gasteiger partial charge in [0.05, 0.1) is 16.7 Å². The molecule has 144 valence electrons. The van der Waals surface area contributed by atoms with Crippen LogP contribution in [0.5, 0.6) is 0 Å². The second-order valence-electron chi connectivity index (χ2n) is 8.99. The van der Waals surface area contributed by atoms with Gasteiger partial charge in [-0.25, -0.2) is 0 Å². The topological polar surface area (TPSA) is 30.7 Å². The van der Waals surface area contributed by atoms with Gasteiger partial charge in [0.2, 0.25) is 0 Å². The van der Waals surface area contributed by atoms with Gasteiger partial charge in [-0.15, -0.1) is 0 Å². The van der Waals surface area contributed by atoms with Gasteiger partial charge in [0.1, 0.15) is 0 Å². The lowest BCUT2D eigenvalue weighted by molar-refractivity contribution is 0.570. The number of benzene rings is 2. The van der Waals surface area contributed by atoms with Crippen LogP contribution in [0.15, 0.2) is 61.1 Å². The van der Waals surface area contributed by atoms with E-state index in [1.165, 1.54) is 27.7 Å². The fourth-order valence-electron chi connectivity index (χ4n) is 4.29. The highest BCUT2D eigenvalue weighted by molar-refractivity contribution is 6.14. The maximum Gasteiger partial charge on any atom is 0.0817 e. The molecule has 0 unspecified atom stereocenters. The van der Waals surface area contributed by atoms with Gasteiger partial charge < -0.3 is 4.57 Å². The third kappa shape index (κ3) is 2.72. The molecule has 0 saturated heterocycles. The summed E-state index contributed by atoms with van der Waals surface area (Å²) in [6.07, 6.45) is 6.13. The summed E-state index contributed by atoms with van der Waals surface area (Å²) in [7, 11) is 0. The lowest BCUT2D eigenvalue weighted by atomic mass is 9.90. The summed E-state index contributed by atoms with van der Waals surface area (Å²) in [5.41, 5.74) is 7.12. The number of pyridine rings is 2. The Morgan fingerprint density at radius 3 is 2.28 bits per heavy atom. The Morgan fingerprint density at radius 2 is 1.55 bits per heavy atom. The minimum atomic E-state index is 0.0254. The number of aryl methyl sites for hydroxylation is 2. The summed E-state index contributed by atoms with van der Waals surface area (Å²) in [6.45, 7) is 10.9. The number of rotatable bonds is 1. The molecular formula is C26H25N3. The monoisotopic (exact) mass is 379 g/mol. The fraction of sp³-hybridized carbons (Fsp3) is 0.231. The normalized spacial score (nSPS) is 12.3. The second kappa shape index (κ2) is 6.15. The van der Waals surface area contributed by atoms with E-state index in [4.69, 9.17) is 9.97 Å². The molecule has 0 aliphatic carbocycles. The largest absolute Gasteiger partial charge is 0.315 e. The van der Waals surface area contributed by atoms with Crippen LogP contribution in [0.2, 0.25) is 0 Å². The molecule has 0 amide bonds. The minimum absolute atomic E-state index is 0.0254. The van der Waals surface area contributed by atoms with Crippen molar-refractivity contribution in [3.05, 3.63) is 77.9 Å². The standard InChI is InChI=1S/C26H25N3/c1-16-7-6-8-17(2)24(16)29-12-11-19-14-28-23-20(25(19)29)10-9-18-13-22(26(3,4)5)27-15-21(18)23/h6-15H,1-5H3. The van der Waals surface area contributed by atoms with Crippen LogP contribution in [0.25, 0.3) is 38.3 Å². The van der Waals surface area contributed by atoms with Gasteiger partial charge in [-0.2, -0.15) is 0 Å². The predicted molar refractivity (Wildman–Crippen MR) is 122 cm³/mol. The van der Waals surface area contributed by atoms with Gasteiger partial charge in [0.25, 0.3) is 0 Å². The first-order valence-corrected chi connectivity index (χ1v) is 10.1. The van der Waals surface area contributed by atoms with Crippen LogP contribution in [-0.4, -0.2) is 14.5 Å². The molecule has 2 aromatic carbocycles. The molecule has 0 spiro atoms. The van der Waals surface area contributed by atoms with Crippen LogP contribution in [0.3, 0.4) is 0 Å². The first-order valence-electron chi connectivity index (χ1n) is 10.1. The first kappa shape index (κ1) is 17.9. The van der Waals surface area contributed by atoms with E-state index in [1.807, 2.05) is 12.4 Å². The molecule has 29 heavy (non-hydrogen) atoms. The summed E-state index contributed by atoms with van der Waals surface area (Å²) >= 11 is 0. The number of hydrogen-bond acceptors (Lipinski definition) is 2. The summed E-state index contributed by atoms with van der Waals surface area (Å²) in [5.74, 6) is 0. The van der Waals surface area contributed by atoms with Gasteiger partial charge in [0, 0.05) is 45.9 Å². The van der Waals surface area contributed by atoms with Gasteiger partial charge >= 0.3 is 0 Å². The zero-order valence-electron chi connectivity index (χ0n) is 17.6. The van der Waals surface area contributed by atoms with Gasteiger partial charge in [-0.1, -0.05) is 51.1 Å². The van der Waals surface area contributed by atoms with Gasteiger partial charge in [-0.05, 0) is 42.5 Å². The van der Waals surface area contributed by atoms with Crippen LogP contribution in [0, 0.1) is 13.8 Å². The maximum absolute atomic E-state index is 4.83. The number of nitrogens with zero attached hydrogens (tertiary/aromatic N) is 3. The molecule has 5 rings (SSSR count). The smallest absolute Gasteiger partial charge is 0.0817 e. The van der Waals surface area contributed by atoms with E-state index >= 15 is 0 Å². The fourth-order valence-corrected chi connectivity index (χ4v) is 4.29. The molecule has 0 atom stereocenters. The van der Waals surface area contributed by atoms with E-state index in [0.29, 0.717) is 0 Å². The van der Waals surface area contributed by atoms with Crippen molar-refractivity contribution in [3.8, 4) is 5.69 Å². The molecule has 0 saturated carbocycles. The highest BCUT2D eigenvalue weighted by Gasteiger charge is 2.17. The Hall–Kier alpha value is -3.20. The Labute approximate surface area is 171 Å². The lowest BCUT2D eigenvalue weighted by Gasteiger charge is -2.18. The van der Waals surface area contributed by atoms with E-state index in [1.54, 1.807) is 0 Å². The molecule has 0 bridgehead atoms. The van der Waals surface area contributed by atoms with Crippen molar-refractivity contribution in [1.29, 1.82) is 0 Å². The summed E-state index contributed by atoms with van der Waals surface area (Å²) in [5, 5.41) is 4.60. The highest BCUT2D eigenvalue weighted by atomic mass is 15.0. The maximum atomic E-state index is 4.83. The van der Waals surface area contributed by atoms with Gasteiger partial charge in [-0.3, -0.25) is 9.97 Å².